The molecule has 30 heavy (non-hydrogen) atoms. The van der Waals surface area contributed by atoms with Gasteiger partial charge in [0.1, 0.15) is 0 Å². The van der Waals surface area contributed by atoms with E-state index in [1.54, 1.807) is 34.9 Å². The fourth-order valence-corrected chi connectivity index (χ4v) is 4.73. The van der Waals surface area contributed by atoms with Crippen LogP contribution in [0.5, 0.6) is 0 Å². The van der Waals surface area contributed by atoms with Crippen molar-refractivity contribution < 1.29 is 17.7 Å². The summed E-state index contributed by atoms with van der Waals surface area (Å²) in [4.78, 5) is 17.5. The number of nitrogens with zero attached hydrogens (tertiary/aromatic N) is 3. The third-order valence-corrected chi connectivity index (χ3v) is 6.53. The molecule has 0 aliphatic rings. The zero-order valence-corrected chi connectivity index (χ0v) is 17.6. The molecule has 2 aromatic carbocycles. The summed E-state index contributed by atoms with van der Waals surface area (Å²) < 4.78 is 31.5. The van der Waals surface area contributed by atoms with Gasteiger partial charge in [0.15, 0.2) is 26.1 Å². The molecular formula is C21H17N3O4S2. The Morgan fingerprint density at radius 1 is 1.23 bits per heavy atom. The van der Waals surface area contributed by atoms with Crippen molar-refractivity contribution in [3.05, 3.63) is 77.7 Å². The number of carbonyl (C=O) groups is 1. The van der Waals surface area contributed by atoms with Gasteiger partial charge in [-0.2, -0.15) is 4.99 Å². The van der Waals surface area contributed by atoms with E-state index in [0.29, 0.717) is 21.8 Å². The Morgan fingerprint density at radius 3 is 2.70 bits per heavy atom. The third-order valence-electron chi connectivity index (χ3n) is 4.38. The fraction of sp³-hybridized carbons (Fsp3) is 0.0952. The number of benzene rings is 2. The van der Waals surface area contributed by atoms with Crippen LogP contribution in [0.4, 0.5) is 0 Å². The lowest BCUT2D eigenvalue weighted by atomic mass is 10.1. The zero-order valence-electron chi connectivity index (χ0n) is 16.0. The number of rotatable bonds is 5. The first-order valence-corrected chi connectivity index (χ1v) is 11.6. The SMILES string of the molecule is C=CCn1c(=NC(=O)c2cc(-c3ccccc3)on2)sc2cc(S(C)(=O)=O)ccc21. The lowest BCUT2D eigenvalue weighted by Gasteiger charge is -2.02. The number of fused-ring (bicyclic) bond motifs is 1. The largest absolute Gasteiger partial charge is 0.355 e. The summed E-state index contributed by atoms with van der Waals surface area (Å²) in [5.74, 6) is -0.0733. The van der Waals surface area contributed by atoms with Gasteiger partial charge in [-0.25, -0.2) is 8.42 Å². The van der Waals surface area contributed by atoms with Gasteiger partial charge in [0, 0.05) is 24.4 Å². The van der Waals surface area contributed by atoms with Gasteiger partial charge < -0.3 is 9.09 Å². The molecule has 0 aliphatic heterocycles. The summed E-state index contributed by atoms with van der Waals surface area (Å²) in [7, 11) is -3.34. The Morgan fingerprint density at radius 2 is 2.00 bits per heavy atom. The van der Waals surface area contributed by atoms with Crippen LogP contribution in [0.3, 0.4) is 0 Å². The summed E-state index contributed by atoms with van der Waals surface area (Å²) in [5, 5.41) is 3.84. The monoisotopic (exact) mass is 439 g/mol. The van der Waals surface area contributed by atoms with Crippen LogP contribution in [-0.2, 0) is 16.4 Å². The predicted octanol–water partition coefficient (Wildman–Crippen LogP) is 3.69. The molecule has 2 heterocycles. The molecule has 0 saturated heterocycles. The maximum atomic E-state index is 12.7. The minimum atomic E-state index is -3.34. The second-order valence-corrected chi connectivity index (χ2v) is 9.57. The highest BCUT2D eigenvalue weighted by Gasteiger charge is 2.15. The number of aromatic nitrogens is 2. The molecule has 0 spiro atoms. The third kappa shape index (κ3) is 3.89. The summed E-state index contributed by atoms with van der Waals surface area (Å²) in [6.07, 6.45) is 2.84. The van der Waals surface area contributed by atoms with Crippen LogP contribution >= 0.6 is 11.3 Å². The Balaban J connectivity index is 1.78. The van der Waals surface area contributed by atoms with Crippen molar-refractivity contribution in [2.75, 3.05) is 6.26 Å². The second-order valence-electron chi connectivity index (χ2n) is 6.54. The molecule has 0 N–H and O–H groups in total. The molecule has 0 atom stereocenters. The first-order valence-electron chi connectivity index (χ1n) is 8.92. The van der Waals surface area contributed by atoms with Gasteiger partial charge in [-0.1, -0.05) is 52.9 Å². The minimum Gasteiger partial charge on any atom is -0.355 e. The smallest absolute Gasteiger partial charge is 0.301 e. The minimum absolute atomic E-state index is 0.0910. The van der Waals surface area contributed by atoms with E-state index in [0.717, 1.165) is 17.3 Å². The van der Waals surface area contributed by atoms with Crippen molar-refractivity contribution in [2.45, 2.75) is 11.4 Å². The van der Waals surface area contributed by atoms with E-state index in [1.807, 2.05) is 30.3 Å². The molecular weight excluding hydrogens is 422 g/mol. The van der Waals surface area contributed by atoms with E-state index >= 15 is 0 Å². The maximum absolute atomic E-state index is 12.7. The van der Waals surface area contributed by atoms with Crippen molar-refractivity contribution in [3.8, 4) is 11.3 Å². The molecule has 1 amide bonds. The van der Waals surface area contributed by atoms with Crippen LogP contribution < -0.4 is 4.80 Å². The van der Waals surface area contributed by atoms with E-state index in [4.69, 9.17) is 4.52 Å². The van der Waals surface area contributed by atoms with Crippen molar-refractivity contribution in [3.63, 3.8) is 0 Å². The number of sulfone groups is 1. The lowest BCUT2D eigenvalue weighted by molar-refractivity contribution is 0.0989. The number of thiazole rings is 1. The van der Waals surface area contributed by atoms with Crippen LogP contribution in [0.25, 0.3) is 21.5 Å². The molecule has 7 nitrogen and oxygen atoms in total. The highest BCUT2D eigenvalue weighted by Crippen LogP contribution is 2.23. The summed E-state index contributed by atoms with van der Waals surface area (Å²) in [6.45, 7) is 4.16. The first kappa shape index (κ1) is 20.0. The van der Waals surface area contributed by atoms with E-state index < -0.39 is 15.7 Å². The molecule has 152 valence electrons. The van der Waals surface area contributed by atoms with Crippen LogP contribution in [-0.4, -0.2) is 30.3 Å². The summed E-state index contributed by atoms with van der Waals surface area (Å²) in [5.41, 5.74) is 1.67. The molecule has 0 bridgehead atoms. The van der Waals surface area contributed by atoms with E-state index in [9.17, 15) is 13.2 Å². The van der Waals surface area contributed by atoms with E-state index in [-0.39, 0.29) is 10.6 Å². The van der Waals surface area contributed by atoms with Crippen molar-refractivity contribution in [1.82, 2.24) is 9.72 Å². The molecule has 4 rings (SSSR count). The number of carbonyl (C=O) groups excluding carboxylic acids is 1. The summed E-state index contributed by atoms with van der Waals surface area (Å²) in [6, 6.07) is 15.7. The standard InChI is InChI=1S/C21H17N3O4S2/c1-3-11-24-17-10-9-15(30(2,26)27)12-19(17)29-21(24)22-20(25)16-13-18(28-23-16)14-7-5-4-6-8-14/h3-10,12-13H,1,11H2,2H3. The second kappa shape index (κ2) is 7.85. The molecule has 0 fully saturated rings. The fourth-order valence-electron chi connectivity index (χ4n) is 2.93. The van der Waals surface area contributed by atoms with Gasteiger partial charge in [0.2, 0.25) is 0 Å². The van der Waals surface area contributed by atoms with Crippen LogP contribution in [0.15, 0.2) is 81.7 Å². The molecule has 9 heteroatoms. The number of allylic oxidation sites excluding steroid dienone is 1. The number of hydrogen-bond acceptors (Lipinski definition) is 6. The van der Waals surface area contributed by atoms with Crippen LogP contribution in [0.2, 0.25) is 0 Å². The van der Waals surface area contributed by atoms with Gasteiger partial charge in [-0.3, -0.25) is 4.79 Å². The van der Waals surface area contributed by atoms with Crippen molar-refractivity contribution >= 4 is 37.3 Å². The zero-order chi connectivity index (χ0) is 21.3. The van der Waals surface area contributed by atoms with E-state index in [2.05, 4.69) is 16.7 Å². The van der Waals surface area contributed by atoms with Gasteiger partial charge in [0.05, 0.1) is 15.1 Å². The average molecular weight is 440 g/mol. The molecule has 2 aromatic heterocycles. The average Bonchev–Trinajstić information content (AvgIpc) is 3.34. The first-order chi connectivity index (χ1) is 14.4. The van der Waals surface area contributed by atoms with Crippen LogP contribution in [0.1, 0.15) is 10.5 Å². The summed E-state index contributed by atoms with van der Waals surface area (Å²) >= 11 is 1.23. The highest BCUT2D eigenvalue weighted by atomic mass is 32.2. The van der Waals surface area contributed by atoms with Gasteiger partial charge >= 0.3 is 5.91 Å². The van der Waals surface area contributed by atoms with Crippen LogP contribution in [0, 0.1) is 0 Å². The van der Waals surface area contributed by atoms with Gasteiger partial charge in [-0.05, 0) is 18.2 Å². The van der Waals surface area contributed by atoms with Gasteiger partial charge in [0.25, 0.3) is 0 Å². The normalized spacial score (nSPS) is 12.4. The number of hydrogen-bond donors (Lipinski definition) is 0. The maximum Gasteiger partial charge on any atom is 0.301 e. The molecule has 0 saturated carbocycles. The Hall–Kier alpha value is -3.30. The molecule has 0 aliphatic carbocycles. The van der Waals surface area contributed by atoms with Crippen molar-refractivity contribution in [2.24, 2.45) is 4.99 Å². The van der Waals surface area contributed by atoms with E-state index in [1.165, 1.54) is 11.3 Å². The Bertz CT molecular complexity index is 1430. The molecule has 0 unspecified atom stereocenters. The number of amides is 1. The lowest BCUT2D eigenvalue weighted by Crippen LogP contribution is -2.16. The Labute approximate surface area is 176 Å². The predicted molar refractivity (Wildman–Crippen MR) is 115 cm³/mol. The molecule has 0 radical (unpaired) electrons. The molecule has 4 aromatic rings. The highest BCUT2D eigenvalue weighted by molar-refractivity contribution is 7.90. The van der Waals surface area contributed by atoms with Crippen molar-refractivity contribution in [1.29, 1.82) is 0 Å². The van der Waals surface area contributed by atoms with Gasteiger partial charge in [-0.15, -0.1) is 6.58 Å². The topological polar surface area (TPSA) is 94.5 Å². The quantitative estimate of drug-likeness (QED) is 0.442. The Kier molecular flexibility index (Phi) is 5.23.